The highest BCUT2D eigenvalue weighted by atomic mass is 14.9. The average Bonchev–Trinajstić information content (AvgIpc) is 3.11. The van der Waals surface area contributed by atoms with Crippen molar-refractivity contribution >= 4 is 0 Å². The van der Waals surface area contributed by atoms with E-state index >= 15 is 0 Å². The van der Waals surface area contributed by atoms with E-state index in [9.17, 15) is 0 Å². The number of aromatic nitrogens is 1. The first-order chi connectivity index (χ1) is 24.3. The average molecular weight is 683 g/mol. The van der Waals surface area contributed by atoms with Gasteiger partial charge in [-0.2, -0.15) is 0 Å². The number of hydrogen-bond acceptors (Lipinski definition) is 0. The van der Waals surface area contributed by atoms with E-state index in [0.29, 0.717) is 0 Å². The molecule has 0 fully saturated rings. The van der Waals surface area contributed by atoms with Crippen LogP contribution in [-0.2, 0) is 19.4 Å². The number of nitrogens with zero attached hydrogens (tertiary/aromatic N) is 1. The summed E-state index contributed by atoms with van der Waals surface area (Å²) in [5.41, 5.74) is 3.22. The summed E-state index contributed by atoms with van der Waals surface area (Å²) in [5.74, 6) is 0. The predicted octanol–water partition coefficient (Wildman–Crippen LogP) is 16.6. The fourth-order valence-corrected chi connectivity index (χ4v) is 7.83. The summed E-state index contributed by atoms with van der Waals surface area (Å²) >= 11 is 0. The summed E-state index contributed by atoms with van der Waals surface area (Å²) < 4.78 is 2.58. The normalized spacial score (nSPS) is 11.6. The van der Waals surface area contributed by atoms with E-state index < -0.39 is 0 Å². The number of hydrogen-bond donors (Lipinski definition) is 0. The van der Waals surface area contributed by atoms with Crippen molar-refractivity contribution in [1.82, 2.24) is 0 Å². The van der Waals surface area contributed by atoms with Crippen LogP contribution in [0.1, 0.15) is 269 Å². The Morgan fingerprint density at radius 2 is 0.510 bits per heavy atom. The van der Waals surface area contributed by atoms with Gasteiger partial charge in [-0.3, -0.25) is 0 Å². The van der Waals surface area contributed by atoms with Gasteiger partial charge in [-0.25, -0.2) is 4.57 Å². The summed E-state index contributed by atoms with van der Waals surface area (Å²) in [6.45, 7) is 8.16. The molecule has 0 saturated carbocycles. The molecule has 1 nitrogen and oxygen atoms in total. The van der Waals surface area contributed by atoms with Crippen molar-refractivity contribution in [2.45, 2.75) is 278 Å². The molecule has 0 N–H and O–H groups in total. The fraction of sp³-hybridized carbons (Fsp3) is 0.896. The molecule has 1 heterocycles. The highest BCUT2D eigenvalue weighted by Crippen LogP contribution is 2.17. The lowest BCUT2D eigenvalue weighted by Crippen LogP contribution is -2.34. The summed E-state index contributed by atoms with van der Waals surface area (Å²) in [7, 11) is 0. The second-order valence-corrected chi connectivity index (χ2v) is 16.3. The van der Waals surface area contributed by atoms with Crippen LogP contribution in [0.15, 0.2) is 18.5 Å². The minimum Gasteiger partial charge on any atom is -0.205 e. The first-order valence-electron chi connectivity index (χ1n) is 23.3. The van der Waals surface area contributed by atoms with Gasteiger partial charge < -0.3 is 0 Å². The standard InChI is InChI=1S/C48H92N/c1-4-7-10-13-16-19-21-23-25-27-29-32-35-38-41-47-44-48(46-49(45-47)43-40-37-34-31-18-15-12-9-6-3)42-39-36-33-30-28-26-24-22-20-17-14-11-8-5-2/h44-46H,4-43H2,1-3H3/q+1. The van der Waals surface area contributed by atoms with Gasteiger partial charge in [0.15, 0.2) is 12.4 Å². The van der Waals surface area contributed by atoms with Gasteiger partial charge in [-0.15, -0.1) is 0 Å². The lowest BCUT2D eigenvalue weighted by atomic mass is 10.0. The van der Waals surface area contributed by atoms with Gasteiger partial charge in [-0.1, -0.05) is 233 Å². The zero-order chi connectivity index (χ0) is 35.1. The molecular weight excluding hydrogens is 591 g/mol. The molecule has 0 bridgehead atoms. The molecule has 288 valence electrons. The second-order valence-electron chi connectivity index (χ2n) is 16.3. The van der Waals surface area contributed by atoms with Crippen molar-refractivity contribution in [3.63, 3.8) is 0 Å². The Hall–Kier alpha value is -0.850. The third-order valence-corrected chi connectivity index (χ3v) is 11.2. The maximum Gasteiger partial charge on any atom is 0.171 e. The van der Waals surface area contributed by atoms with Gasteiger partial charge in [0.1, 0.15) is 6.54 Å². The van der Waals surface area contributed by atoms with Gasteiger partial charge in [0, 0.05) is 17.5 Å². The van der Waals surface area contributed by atoms with E-state index in [4.69, 9.17) is 0 Å². The van der Waals surface area contributed by atoms with Gasteiger partial charge >= 0.3 is 0 Å². The fourth-order valence-electron chi connectivity index (χ4n) is 7.83. The van der Waals surface area contributed by atoms with E-state index in [2.05, 4.69) is 43.8 Å². The van der Waals surface area contributed by atoms with E-state index in [1.165, 1.54) is 257 Å². The largest absolute Gasteiger partial charge is 0.205 e. The molecule has 1 aromatic heterocycles. The molecule has 0 spiro atoms. The molecule has 0 aliphatic heterocycles. The summed E-state index contributed by atoms with van der Waals surface area (Å²) in [5, 5.41) is 0. The van der Waals surface area contributed by atoms with Crippen molar-refractivity contribution in [3.05, 3.63) is 29.6 Å². The maximum atomic E-state index is 2.58. The SMILES string of the molecule is CCCCCCCCCCCCCCCCc1cc(CCCCCCCCCCCCCCCC)c[n+](CCCCCCCCCCC)c1. The Bertz CT molecular complexity index is 718. The van der Waals surface area contributed by atoms with E-state index in [0.717, 1.165) is 0 Å². The molecule has 1 rings (SSSR count). The molecule has 1 aromatic rings. The van der Waals surface area contributed by atoms with Gasteiger partial charge in [0.2, 0.25) is 0 Å². The van der Waals surface area contributed by atoms with Gasteiger partial charge in [-0.05, 0) is 38.2 Å². The quantitative estimate of drug-likeness (QED) is 0.0479. The first kappa shape index (κ1) is 46.2. The molecule has 0 aliphatic rings. The summed E-state index contributed by atoms with van der Waals surface area (Å²) in [6, 6.07) is 2.58. The van der Waals surface area contributed by atoms with E-state index in [-0.39, 0.29) is 0 Å². The topological polar surface area (TPSA) is 3.88 Å². The van der Waals surface area contributed by atoms with Crippen molar-refractivity contribution in [2.24, 2.45) is 0 Å². The monoisotopic (exact) mass is 683 g/mol. The van der Waals surface area contributed by atoms with Crippen LogP contribution in [0.2, 0.25) is 0 Å². The molecule has 0 unspecified atom stereocenters. The molecule has 0 aliphatic carbocycles. The smallest absolute Gasteiger partial charge is 0.171 e. The van der Waals surface area contributed by atoms with Crippen LogP contribution in [0.4, 0.5) is 0 Å². The number of rotatable bonds is 40. The third-order valence-electron chi connectivity index (χ3n) is 11.2. The molecule has 0 atom stereocenters. The van der Waals surface area contributed by atoms with Crippen LogP contribution >= 0.6 is 0 Å². The molecule has 1 heteroatoms. The Kier molecular flexibility index (Phi) is 36.2. The van der Waals surface area contributed by atoms with Crippen molar-refractivity contribution in [2.75, 3.05) is 0 Å². The Morgan fingerprint density at radius 1 is 0.286 bits per heavy atom. The molecule has 0 aromatic carbocycles. The van der Waals surface area contributed by atoms with Gasteiger partial charge in [0.25, 0.3) is 0 Å². The van der Waals surface area contributed by atoms with Gasteiger partial charge in [0.05, 0.1) is 0 Å². The Labute approximate surface area is 311 Å². The molecule has 0 radical (unpaired) electrons. The number of pyridine rings is 1. The van der Waals surface area contributed by atoms with Crippen molar-refractivity contribution in [3.8, 4) is 0 Å². The minimum atomic E-state index is 1.22. The predicted molar refractivity (Wildman–Crippen MR) is 222 cm³/mol. The minimum absolute atomic E-state index is 1.22. The zero-order valence-corrected chi connectivity index (χ0v) is 34.5. The third kappa shape index (κ3) is 32.8. The van der Waals surface area contributed by atoms with Crippen LogP contribution < -0.4 is 4.57 Å². The highest BCUT2D eigenvalue weighted by molar-refractivity contribution is 5.15. The number of unbranched alkanes of at least 4 members (excludes halogenated alkanes) is 34. The first-order valence-corrected chi connectivity index (χ1v) is 23.3. The van der Waals surface area contributed by atoms with E-state index in [1.54, 1.807) is 11.1 Å². The summed E-state index contributed by atoms with van der Waals surface area (Å²) in [6.07, 6.45) is 60.8. The second kappa shape index (κ2) is 38.4. The molecular formula is C48H92N+. The summed E-state index contributed by atoms with van der Waals surface area (Å²) in [4.78, 5) is 0. The lowest BCUT2D eigenvalue weighted by Gasteiger charge is -2.07. The lowest BCUT2D eigenvalue weighted by molar-refractivity contribution is -0.698. The van der Waals surface area contributed by atoms with E-state index in [1.807, 2.05) is 0 Å². The van der Waals surface area contributed by atoms with Crippen LogP contribution in [0, 0.1) is 0 Å². The molecule has 0 amide bonds. The maximum absolute atomic E-state index is 2.58. The van der Waals surface area contributed by atoms with Crippen LogP contribution in [0.5, 0.6) is 0 Å². The highest BCUT2D eigenvalue weighted by Gasteiger charge is 2.09. The zero-order valence-electron chi connectivity index (χ0n) is 34.5. The van der Waals surface area contributed by atoms with Crippen LogP contribution in [0.25, 0.3) is 0 Å². The number of aryl methyl sites for hydroxylation is 3. The Morgan fingerprint density at radius 3 is 0.776 bits per heavy atom. The van der Waals surface area contributed by atoms with Crippen LogP contribution in [-0.4, -0.2) is 0 Å². The Balaban J connectivity index is 2.28. The molecule has 49 heavy (non-hydrogen) atoms. The van der Waals surface area contributed by atoms with Crippen molar-refractivity contribution in [1.29, 1.82) is 0 Å². The van der Waals surface area contributed by atoms with Crippen molar-refractivity contribution < 1.29 is 4.57 Å². The van der Waals surface area contributed by atoms with Crippen LogP contribution in [0.3, 0.4) is 0 Å². The molecule has 0 saturated heterocycles.